The lowest BCUT2D eigenvalue weighted by Gasteiger charge is -2.09. The number of rotatable bonds is 5. The van der Waals surface area contributed by atoms with Crippen molar-refractivity contribution in [3.8, 4) is 5.88 Å². The SMILES string of the molecule is COc1nc(NCCSC(F)(F)F)ccc1N. The van der Waals surface area contributed by atoms with E-state index in [9.17, 15) is 13.2 Å². The molecule has 0 aromatic carbocycles. The van der Waals surface area contributed by atoms with Crippen molar-refractivity contribution in [3.63, 3.8) is 0 Å². The van der Waals surface area contributed by atoms with Gasteiger partial charge in [0.05, 0.1) is 12.8 Å². The minimum absolute atomic E-state index is 0.0803. The standard InChI is InChI=1S/C9H12F3N3OS/c1-16-8-6(13)2-3-7(15-8)14-4-5-17-9(10,11)12/h2-3H,4-5,13H2,1H3,(H,14,15). The number of anilines is 2. The van der Waals surface area contributed by atoms with Crippen molar-refractivity contribution < 1.29 is 17.9 Å². The highest BCUT2D eigenvalue weighted by Gasteiger charge is 2.27. The third-order valence-electron chi connectivity index (χ3n) is 1.76. The lowest BCUT2D eigenvalue weighted by molar-refractivity contribution is -0.0327. The summed E-state index contributed by atoms with van der Waals surface area (Å²) in [4.78, 5) is 3.98. The van der Waals surface area contributed by atoms with E-state index in [0.29, 0.717) is 11.5 Å². The Labute approximate surface area is 101 Å². The molecule has 0 saturated carbocycles. The zero-order valence-corrected chi connectivity index (χ0v) is 9.86. The lowest BCUT2D eigenvalue weighted by Crippen LogP contribution is -2.10. The van der Waals surface area contributed by atoms with Crippen LogP contribution in [-0.4, -0.2) is 29.9 Å². The van der Waals surface area contributed by atoms with E-state index in [2.05, 4.69) is 10.3 Å². The number of ether oxygens (including phenoxy) is 1. The Morgan fingerprint density at radius 1 is 1.47 bits per heavy atom. The Bertz CT molecular complexity index is 373. The maximum Gasteiger partial charge on any atom is 0.441 e. The summed E-state index contributed by atoms with van der Waals surface area (Å²) < 4.78 is 40.4. The van der Waals surface area contributed by atoms with Crippen LogP contribution in [0.5, 0.6) is 5.88 Å². The van der Waals surface area contributed by atoms with Crippen LogP contribution in [0.15, 0.2) is 12.1 Å². The lowest BCUT2D eigenvalue weighted by atomic mass is 10.4. The number of alkyl halides is 3. The largest absolute Gasteiger partial charge is 0.479 e. The average Bonchev–Trinajstić information content (AvgIpc) is 2.25. The Morgan fingerprint density at radius 2 is 2.18 bits per heavy atom. The van der Waals surface area contributed by atoms with Crippen molar-refractivity contribution >= 4 is 23.3 Å². The van der Waals surface area contributed by atoms with Gasteiger partial charge in [-0.05, 0) is 23.9 Å². The number of thioether (sulfide) groups is 1. The summed E-state index contributed by atoms with van der Waals surface area (Å²) in [6.07, 6.45) is 0. The molecule has 0 unspecified atom stereocenters. The van der Waals surface area contributed by atoms with Crippen molar-refractivity contribution in [2.75, 3.05) is 30.5 Å². The van der Waals surface area contributed by atoms with Crippen LogP contribution in [-0.2, 0) is 0 Å². The monoisotopic (exact) mass is 267 g/mol. The topological polar surface area (TPSA) is 60.2 Å². The molecule has 1 rings (SSSR count). The smallest absolute Gasteiger partial charge is 0.441 e. The van der Waals surface area contributed by atoms with Gasteiger partial charge in [0.2, 0.25) is 5.88 Å². The number of hydrogen-bond donors (Lipinski definition) is 2. The van der Waals surface area contributed by atoms with E-state index < -0.39 is 5.51 Å². The Hall–Kier alpha value is -1.31. The first kappa shape index (κ1) is 13.8. The second-order valence-electron chi connectivity index (χ2n) is 3.02. The summed E-state index contributed by atoms with van der Waals surface area (Å²) in [5, 5.41) is 2.75. The first-order valence-corrected chi connectivity index (χ1v) is 5.66. The number of pyridine rings is 1. The highest BCUT2D eigenvalue weighted by Crippen LogP contribution is 2.29. The van der Waals surface area contributed by atoms with Crippen LogP contribution in [0, 0.1) is 0 Å². The van der Waals surface area contributed by atoms with E-state index in [4.69, 9.17) is 10.5 Å². The van der Waals surface area contributed by atoms with Crippen molar-refractivity contribution in [3.05, 3.63) is 12.1 Å². The summed E-state index contributed by atoms with van der Waals surface area (Å²) in [7, 11) is 1.42. The highest BCUT2D eigenvalue weighted by molar-refractivity contribution is 8.00. The number of nitrogens with zero attached hydrogens (tertiary/aromatic N) is 1. The molecule has 0 aliphatic rings. The van der Waals surface area contributed by atoms with Crippen LogP contribution in [0.25, 0.3) is 0 Å². The molecule has 0 atom stereocenters. The van der Waals surface area contributed by atoms with Gasteiger partial charge in [0.15, 0.2) is 0 Å². The fourth-order valence-corrected chi connectivity index (χ4v) is 1.49. The Balaban J connectivity index is 2.42. The van der Waals surface area contributed by atoms with Gasteiger partial charge in [-0.1, -0.05) is 0 Å². The number of nitrogen functional groups attached to an aromatic ring is 1. The van der Waals surface area contributed by atoms with Gasteiger partial charge in [0.25, 0.3) is 0 Å². The average molecular weight is 267 g/mol. The predicted octanol–water partition coefficient (Wildman–Crippen LogP) is 2.34. The van der Waals surface area contributed by atoms with Gasteiger partial charge in [0, 0.05) is 12.3 Å². The quantitative estimate of drug-likeness (QED) is 0.802. The maximum atomic E-state index is 11.8. The fraction of sp³-hybridized carbons (Fsp3) is 0.444. The van der Waals surface area contributed by atoms with E-state index in [0.717, 1.165) is 0 Å². The minimum atomic E-state index is -4.20. The number of halogens is 3. The Morgan fingerprint density at radius 3 is 2.76 bits per heavy atom. The summed E-state index contributed by atoms with van der Waals surface area (Å²) in [6, 6.07) is 3.15. The van der Waals surface area contributed by atoms with Gasteiger partial charge in [-0.25, -0.2) is 0 Å². The number of nitrogens with two attached hydrogens (primary N) is 1. The molecular weight excluding hydrogens is 255 g/mol. The second-order valence-corrected chi connectivity index (χ2v) is 4.18. The maximum absolute atomic E-state index is 11.8. The molecule has 8 heteroatoms. The van der Waals surface area contributed by atoms with Gasteiger partial charge in [-0.15, -0.1) is 0 Å². The predicted molar refractivity (Wildman–Crippen MR) is 62.2 cm³/mol. The molecule has 0 fully saturated rings. The third kappa shape index (κ3) is 5.03. The van der Waals surface area contributed by atoms with Gasteiger partial charge < -0.3 is 15.8 Å². The van der Waals surface area contributed by atoms with E-state index in [1.807, 2.05) is 0 Å². The summed E-state index contributed by atoms with van der Waals surface area (Å²) in [5.41, 5.74) is 1.72. The zero-order valence-electron chi connectivity index (χ0n) is 9.04. The molecule has 96 valence electrons. The van der Waals surface area contributed by atoms with Crippen molar-refractivity contribution in [1.29, 1.82) is 0 Å². The molecule has 0 saturated heterocycles. The van der Waals surface area contributed by atoms with Gasteiger partial charge in [0.1, 0.15) is 5.82 Å². The minimum Gasteiger partial charge on any atom is -0.479 e. The van der Waals surface area contributed by atoms with Crippen LogP contribution >= 0.6 is 11.8 Å². The molecule has 0 aliphatic carbocycles. The molecule has 1 aromatic heterocycles. The second kappa shape index (κ2) is 5.85. The molecule has 1 aromatic rings. The normalized spacial score (nSPS) is 11.3. The molecule has 0 aliphatic heterocycles. The molecule has 0 radical (unpaired) electrons. The van der Waals surface area contributed by atoms with Crippen molar-refractivity contribution in [2.24, 2.45) is 0 Å². The molecule has 17 heavy (non-hydrogen) atoms. The van der Waals surface area contributed by atoms with E-state index in [-0.39, 0.29) is 29.9 Å². The zero-order chi connectivity index (χ0) is 12.9. The van der Waals surface area contributed by atoms with E-state index >= 15 is 0 Å². The molecule has 1 heterocycles. The first-order chi connectivity index (χ1) is 7.92. The molecule has 4 nitrogen and oxygen atoms in total. The van der Waals surface area contributed by atoms with Crippen LogP contribution < -0.4 is 15.8 Å². The van der Waals surface area contributed by atoms with Gasteiger partial charge >= 0.3 is 5.51 Å². The fourth-order valence-electron chi connectivity index (χ4n) is 1.06. The highest BCUT2D eigenvalue weighted by atomic mass is 32.2. The number of hydrogen-bond acceptors (Lipinski definition) is 5. The number of aromatic nitrogens is 1. The number of methoxy groups -OCH3 is 1. The molecule has 0 bridgehead atoms. The van der Waals surface area contributed by atoms with E-state index in [1.165, 1.54) is 7.11 Å². The third-order valence-corrected chi connectivity index (χ3v) is 2.49. The Kier molecular flexibility index (Phi) is 4.73. The molecular formula is C9H12F3N3OS. The van der Waals surface area contributed by atoms with Crippen LogP contribution in [0.1, 0.15) is 0 Å². The van der Waals surface area contributed by atoms with E-state index in [1.54, 1.807) is 12.1 Å². The van der Waals surface area contributed by atoms with Crippen LogP contribution in [0.4, 0.5) is 24.7 Å². The van der Waals surface area contributed by atoms with Crippen molar-refractivity contribution in [2.45, 2.75) is 5.51 Å². The molecule has 3 N–H and O–H groups in total. The van der Waals surface area contributed by atoms with Crippen LogP contribution in [0.2, 0.25) is 0 Å². The van der Waals surface area contributed by atoms with Gasteiger partial charge in [-0.2, -0.15) is 18.2 Å². The number of nitrogens with one attached hydrogen (secondary N) is 1. The first-order valence-electron chi connectivity index (χ1n) is 4.67. The van der Waals surface area contributed by atoms with Gasteiger partial charge in [-0.3, -0.25) is 0 Å². The summed E-state index contributed by atoms with van der Waals surface area (Å²) in [5.74, 6) is 0.593. The van der Waals surface area contributed by atoms with Crippen molar-refractivity contribution in [1.82, 2.24) is 4.98 Å². The molecule has 0 spiro atoms. The summed E-state index contributed by atoms with van der Waals surface area (Å²) in [6.45, 7) is 0.157. The summed E-state index contributed by atoms with van der Waals surface area (Å²) >= 11 is -0.0803. The molecule has 0 amide bonds. The van der Waals surface area contributed by atoms with Crippen LogP contribution in [0.3, 0.4) is 0 Å².